The highest BCUT2D eigenvalue weighted by atomic mass is 79.9. The predicted octanol–water partition coefficient (Wildman–Crippen LogP) is 7.60. The van der Waals surface area contributed by atoms with Crippen molar-refractivity contribution in [1.29, 1.82) is 0 Å². The molecule has 6 rings (SSSR count). The van der Waals surface area contributed by atoms with Crippen LogP contribution in [-0.2, 0) is 22.6 Å². The maximum atomic E-state index is 13.7. The fraction of sp³-hybridized carbons (Fsp3) is 0.314. The highest BCUT2D eigenvalue weighted by molar-refractivity contribution is 9.10. The van der Waals surface area contributed by atoms with Crippen LogP contribution in [0.25, 0.3) is 0 Å². The number of halogens is 1. The average Bonchev–Trinajstić information content (AvgIpc) is 3.03. The summed E-state index contributed by atoms with van der Waals surface area (Å²) in [6.07, 6.45) is 4.94. The molecule has 0 amide bonds. The molecule has 0 atom stereocenters. The molecule has 226 valence electrons. The lowest BCUT2D eigenvalue weighted by Crippen LogP contribution is -2.40. The number of hydrogen-bond acceptors (Lipinski definition) is 7. The third-order valence-corrected chi connectivity index (χ3v) is 9.26. The number of benzene rings is 3. The number of allylic oxidation sites excluding steroid dienone is 4. The van der Waals surface area contributed by atoms with Crippen LogP contribution in [0.2, 0.25) is 0 Å². The number of Topliss-reactive ketones (excluding diaryl/α,β-unsaturated/α-hetero) is 2. The van der Waals surface area contributed by atoms with E-state index in [9.17, 15) is 19.7 Å². The first-order valence-corrected chi connectivity index (χ1v) is 15.7. The van der Waals surface area contributed by atoms with E-state index in [1.165, 1.54) is 17.7 Å². The van der Waals surface area contributed by atoms with Crippen molar-refractivity contribution in [2.75, 3.05) is 13.7 Å². The number of ketones is 2. The molecule has 0 bridgehead atoms. The Balaban J connectivity index is 1.37. The standard InChI is InChI=1S/C35H33BrN2O6/c1-43-31-20-24(19-26(36)35(31)44-21-23-13-15-25(16-14-23)38(41)42)32-33-27(9-5-11-29(33)39)37(18-17-22-7-3-2-4-8-22)28-10-6-12-30(40)34(28)32/h2-4,7-8,13-16,19-20,32H,5-6,9-12,17-18,21H2,1H3. The highest BCUT2D eigenvalue weighted by Crippen LogP contribution is 2.51. The molecule has 3 aromatic carbocycles. The van der Waals surface area contributed by atoms with E-state index in [-0.39, 0.29) is 23.9 Å². The molecule has 3 aromatic rings. The summed E-state index contributed by atoms with van der Waals surface area (Å²) < 4.78 is 12.5. The van der Waals surface area contributed by atoms with Crippen molar-refractivity contribution in [1.82, 2.24) is 4.90 Å². The Labute approximate surface area is 264 Å². The van der Waals surface area contributed by atoms with Crippen LogP contribution < -0.4 is 9.47 Å². The summed E-state index contributed by atoms with van der Waals surface area (Å²) in [7, 11) is 1.56. The number of hydrogen-bond donors (Lipinski definition) is 0. The van der Waals surface area contributed by atoms with Gasteiger partial charge in [0.2, 0.25) is 0 Å². The van der Waals surface area contributed by atoms with Gasteiger partial charge in [-0.1, -0.05) is 30.3 Å². The summed E-state index contributed by atoms with van der Waals surface area (Å²) in [6, 6.07) is 20.3. The number of carbonyl (C=O) groups is 2. The van der Waals surface area contributed by atoms with E-state index in [0.29, 0.717) is 28.8 Å². The normalized spacial score (nSPS) is 17.0. The van der Waals surface area contributed by atoms with Gasteiger partial charge in [0.05, 0.1) is 16.5 Å². The smallest absolute Gasteiger partial charge is 0.269 e. The fourth-order valence-electron chi connectivity index (χ4n) is 6.62. The molecule has 0 unspecified atom stereocenters. The summed E-state index contributed by atoms with van der Waals surface area (Å²) in [5, 5.41) is 11.0. The van der Waals surface area contributed by atoms with Gasteiger partial charge in [0.25, 0.3) is 5.69 Å². The SMILES string of the molecule is COc1cc(C2C3=C(CCCC3=O)N(CCc3ccccc3)C3=C2C(=O)CCC3)cc(Br)c1OCc1ccc([N+](=O)[O-])cc1. The van der Waals surface area contributed by atoms with Gasteiger partial charge in [-0.05, 0) is 89.0 Å². The van der Waals surface area contributed by atoms with E-state index in [1.54, 1.807) is 19.2 Å². The number of nitrogens with zero attached hydrogens (tertiary/aromatic N) is 2. The molecule has 8 nitrogen and oxygen atoms in total. The minimum absolute atomic E-state index is 0.0137. The summed E-state index contributed by atoms with van der Waals surface area (Å²) in [5.41, 5.74) is 6.36. The first-order valence-electron chi connectivity index (χ1n) is 14.9. The minimum Gasteiger partial charge on any atom is -0.493 e. The molecule has 9 heteroatoms. The van der Waals surface area contributed by atoms with Crippen molar-refractivity contribution in [3.8, 4) is 11.5 Å². The summed E-state index contributed by atoms with van der Waals surface area (Å²) in [4.78, 5) is 40.3. The number of ether oxygens (including phenoxy) is 2. The van der Waals surface area contributed by atoms with Gasteiger partial charge >= 0.3 is 0 Å². The topological polar surface area (TPSA) is 99.0 Å². The van der Waals surface area contributed by atoms with Crippen LogP contribution in [0, 0.1) is 10.1 Å². The Bertz CT molecular complexity index is 1640. The summed E-state index contributed by atoms with van der Waals surface area (Å²) in [5.74, 6) is 0.670. The quantitative estimate of drug-likeness (QED) is 0.173. The Morgan fingerprint density at radius 1 is 0.886 bits per heavy atom. The second-order valence-corrected chi connectivity index (χ2v) is 12.2. The fourth-order valence-corrected chi connectivity index (χ4v) is 7.20. The van der Waals surface area contributed by atoms with Crippen LogP contribution >= 0.6 is 15.9 Å². The number of nitro benzene ring substituents is 1. The van der Waals surface area contributed by atoms with Crippen LogP contribution in [0.3, 0.4) is 0 Å². The number of non-ortho nitro benzene ring substituents is 1. The van der Waals surface area contributed by atoms with E-state index in [2.05, 4.69) is 33.0 Å². The molecule has 2 aliphatic carbocycles. The molecular formula is C35H33BrN2O6. The average molecular weight is 658 g/mol. The molecule has 0 spiro atoms. The first kappa shape index (κ1) is 29.8. The van der Waals surface area contributed by atoms with Crippen LogP contribution in [0.4, 0.5) is 5.69 Å². The van der Waals surface area contributed by atoms with Crippen molar-refractivity contribution >= 4 is 33.2 Å². The lowest BCUT2D eigenvalue weighted by molar-refractivity contribution is -0.384. The molecule has 44 heavy (non-hydrogen) atoms. The maximum absolute atomic E-state index is 13.7. The van der Waals surface area contributed by atoms with Gasteiger partial charge in [-0.3, -0.25) is 19.7 Å². The number of methoxy groups -OCH3 is 1. The van der Waals surface area contributed by atoms with Crippen molar-refractivity contribution in [2.45, 2.75) is 57.5 Å². The zero-order chi connectivity index (χ0) is 30.8. The molecule has 0 aromatic heterocycles. The molecule has 0 N–H and O–H groups in total. The minimum atomic E-state index is -0.470. The first-order chi connectivity index (χ1) is 21.4. The molecule has 3 aliphatic rings. The zero-order valence-corrected chi connectivity index (χ0v) is 26.1. The Hall–Kier alpha value is -4.24. The van der Waals surface area contributed by atoms with E-state index >= 15 is 0 Å². The van der Waals surface area contributed by atoms with Crippen LogP contribution in [-0.4, -0.2) is 35.0 Å². The summed E-state index contributed by atoms with van der Waals surface area (Å²) in [6.45, 7) is 0.894. The van der Waals surface area contributed by atoms with Crippen molar-refractivity contribution in [2.24, 2.45) is 0 Å². The van der Waals surface area contributed by atoms with Gasteiger partial charge in [0, 0.05) is 60.0 Å². The lowest BCUT2D eigenvalue weighted by atomic mass is 9.71. The monoisotopic (exact) mass is 656 g/mol. The second kappa shape index (κ2) is 12.8. The lowest BCUT2D eigenvalue weighted by Gasteiger charge is -2.44. The third-order valence-electron chi connectivity index (χ3n) is 8.67. The van der Waals surface area contributed by atoms with Crippen molar-refractivity contribution < 1.29 is 24.0 Å². The van der Waals surface area contributed by atoms with Crippen LogP contribution in [0.1, 0.15) is 61.1 Å². The molecule has 0 radical (unpaired) electrons. The Morgan fingerprint density at radius 2 is 1.52 bits per heavy atom. The molecule has 0 fully saturated rings. The molecule has 0 saturated heterocycles. The Morgan fingerprint density at radius 3 is 2.11 bits per heavy atom. The highest BCUT2D eigenvalue weighted by Gasteiger charge is 2.43. The molecular weight excluding hydrogens is 624 g/mol. The van der Waals surface area contributed by atoms with Crippen molar-refractivity contribution in [3.63, 3.8) is 0 Å². The Kier molecular flexibility index (Phi) is 8.66. The third kappa shape index (κ3) is 5.80. The van der Waals surface area contributed by atoms with E-state index < -0.39 is 10.8 Å². The molecule has 1 heterocycles. The predicted molar refractivity (Wildman–Crippen MR) is 169 cm³/mol. The summed E-state index contributed by atoms with van der Waals surface area (Å²) >= 11 is 3.67. The van der Waals surface area contributed by atoms with Gasteiger partial charge in [0.1, 0.15) is 6.61 Å². The maximum Gasteiger partial charge on any atom is 0.269 e. The molecule has 1 aliphatic heterocycles. The van der Waals surface area contributed by atoms with E-state index in [1.807, 2.05) is 30.3 Å². The van der Waals surface area contributed by atoms with E-state index in [4.69, 9.17) is 9.47 Å². The van der Waals surface area contributed by atoms with Gasteiger partial charge in [0.15, 0.2) is 23.1 Å². The van der Waals surface area contributed by atoms with Crippen LogP contribution in [0.15, 0.2) is 93.7 Å². The second-order valence-electron chi connectivity index (χ2n) is 11.3. The van der Waals surface area contributed by atoms with Gasteiger partial charge in [-0.2, -0.15) is 0 Å². The number of carbonyl (C=O) groups excluding carboxylic acids is 2. The zero-order valence-electron chi connectivity index (χ0n) is 24.5. The number of rotatable bonds is 9. The van der Waals surface area contributed by atoms with Gasteiger partial charge in [-0.25, -0.2) is 0 Å². The largest absolute Gasteiger partial charge is 0.493 e. The number of nitro groups is 1. The van der Waals surface area contributed by atoms with Gasteiger partial charge < -0.3 is 14.4 Å². The van der Waals surface area contributed by atoms with Crippen molar-refractivity contribution in [3.05, 3.63) is 121 Å². The molecule has 0 saturated carbocycles. The van der Waals surface area contributed by atoms with Gasteiger partial charge in [-0.15, -0.1) is 0 Å². The van der Waals surface area contributed by atoms with Crippen LogP contribution in [0.5, 0.6) is 11.5 Å². The van der Waals surface area contributed by atoms with E-state index in [0.717, 1.165) is 72.3 Å².